The summed E-state index contributed by atoms with van der Waals surface area (Å²) < 4.78 is 254. The summed E-state index contributed by atoms with van der Waals surface area (Å²) in [5, 5.41) is 7.86. The molecule has 0 aliphatic carbocycles. The highest BCUT2D eigenvalue weighted by Crippen LogP contribution is 2.46. The van der Waals surface area contributed by atoms with E-state index in [4.69, 9.17) is 14.6 Å². The molecule has 9 rings (SSSR count). The zero-order chi connectivity index (χ0) is 70.1. The number of benzene rings is 6. The summed E-state index contributed by atoms with van der Waals surface area (Å²) in [5.41, 5.74) is -6.83. The molecule has 16 nitrogen and oxygen atoms in total. The smallest absolute Gasteiger partial charge is 0.422 e. The number of carbonyl (C=O) groups excluding carboxylic acids is 2. The van der Waals surface area contributed by atoms with Crippen LogP contribution in [0.15, 0.2) is 142 Å². The fourth-order valence-corrected chi connectivity index (χ4v) is 17.2. The van der Waals surface area contributed by atoms with Crippen LogP contribution in [0.5, 0.6) is 0 Å². The molecule has 0 bridgehead atoms. The van der Waals surface area contributed by atoms with Crippen molar-refractivity contribution >= 4 is 154 Å². The first kappa shape index (κ1) is 74.5. The van der Waals surface area contributed by atoms with Crippen LogP contribution >= 0.6 is 65.9 Å². The Balaban J connectivity index is 0.000000201. The van der Waals surface area contributed by atoms with Crippen molar-refractivity contribution in [2.24, 2.45) is 5.14 Å². The van der Waals surface area contributed by atoms with Crippen molar-refractivity contribution in [3.05, 3.63) is 193 Å². The van der Waals surface area contributed by atoms with E-state index in [1.165, 1.54) is 26.8 Å². The van der Waals surface area contributed by atoms with Gasteiger partial charge in [-0.2, -0.15) is 64.8 Å². The summed E-state index contributed by atoms with van der Waals surface area (Å²) >= 11 is 9.90. The van der Waals surface area contributed by atoms with Gasteiger partial charge in [-0.3, -0.25) is 0 Å². The maximum Gasteiger partial charge on any atom is 0.422 e. The number of anilines is 3. The number of alkyl halides is 9. The van der Waals surface area contributed by atoms with Gasteiger partial charge >= 0.3 is 51.1 Å². The predicted octanol–water partition coefficient (Wildman–Crippen LogP) is 17.5. The molecule has 36 heteroatoms. The largest absolute Gasteiger partial charge is 0.443 e. The van der Waals surface area contributed by atoms with Crippen LogP contribution in [-0.4, -0.2) is 48.6 Å². The molecule has 94 heavy (non-hydrogen) atoms. The number of thiophene rings is 3. The van der Waals surface area contributed by atoms with E-state index >= 15 is 0 Å². The molecule has 9 aromatic rings. The molecule has 0 saturated heterocycles. The normalized spacial score (nSPS) is 12.6. The molecule has 4 N–H and O–H groups in total. The Morgan fingerprint density at radius 1 is 0.468 bits per heavy atom. The van der Waals surface area contributed by atoms with E-state index in [2.05, 4.69) is 31.9 Å². The van der Waals surface area contributed by atoms with Gasteiger partial charge in [-0.1, -0.05) is 72.8 Å². The SMILES string of the molecule is CC(C)(C)OC(=O)NS(=O)(=O)N(Cc1ccc(F)c(C(F)(F)F)c1)c1cc2ccccc2s1.CC(C)(C)OC(=O)NS(=O)(=O)N(Cc1ccc(F)c(C(F)(F)F)c1)c1sc2ccccc2c1Br.NS(=O)(=O)N(Cc1ccc(F)c(C(F)(F)F)c1)c1sc2ccccc2c1Br. The van der Waals surface area contributed by atoms with Gasteiger partial charge in [-0.05, 0) is 156 Å². The molecule has 3 aromatic heterocycles. The van der Waals surface area contributed by atoms with Crippen molar-refractivity contribution in [3.8, 4) is 0 Å². The number of amides is 2. The van der Waals surface area contributed by atoms with E-state index in [-0.39, 0.29) is 31.7 Å². The molecule has 0 unspecified atom stereocenters. The van der Waals surface area contributed by atoms with Gasteiger partial charge in [0.1, 0.15) is 43.7 Å². The number of hydrogen-bond acceptors (Lipinski definition) is 13. The second kappa shape index (κ2) is 28.4. The first-order valence-electron chi connectivity index (χ1n) is 26.5. The van der Waals surface area contributed by atoms with E-state index < -0.39 is 126 Å². The van der Waals surface area contributed by atoms with Crippen molar-refractivity contribution in [1.82, 2.24) is 9.44 Å². The van der Waals surface area contributed by atoms with Gasteiger partial charge in [0, 0.05) is 24.9 Å². The third-order valence-electron chi connectivity index (χ3n) is 12.2. The molecule has 0 spiro atoms. The quantitative estimate of drug-likeness (QED) is 0.0876. The highest BCUT2D eigenvalue weighted by atomic mass is 79.9. The second-order valence-corrected chi connectivity index (χ2v) is 31.1. The second-order valence-electron chi connectivity index (χ2n) is 21.8. The van der Waals surface area contributed by atoms with Crippen LogP contribution in [0.2, 0.25) is 0 Å². The summed E-state index contributed by atoms with van der Waals surface area (Å²) in [4.78, 5) is 24.3. The highest BCUT2D eigenvalue weighted by molar-refractivity contribution is 9.11. The fraction of sp³-hybridized carbons (Fsp3) is 0.241. The monoisotopic (exact) mass is 1570 g/mol. The predicted molar refractivity (Wildman–Crippen MR) is 343 cm³/mol. The van der Waals surface area contributed by atoms with Crippen LogP contribution in [0.3, 0.4) is 0 Å². The summed E-state index contributed by atoms with van der Waals surface area (Å²) in [6, 6.07) is 29.2. The lowest BCUT2D eigenvalue weighted by Gasteiger charge is -2.25. The molecule has 0 aliphatic heterocycles. The van der Waals surface area contributed by atoms with Crippen LogP contribution in [-0.2, 0) is 78.3 Å². The number of ether oxygens (including phenoxy) is 2. The molecule has 0 fully saturated rings. The van der Waals surface area contributed by atoms with Crippen LogP contribution in [0.4, 0.5) is 77.3 Å². The maximum absolute atomic E-state index is 13.8. The Kier molecular flexibility index (Phi) is 22.5. The summed E-state index contributed by atoms with van der Waals surface area (Å²) in [7, 11) is -13.6. The van der Waals surface area contributed by atoms with Crippen LogP contribution < -0.4 is 27.5 Å². The van der Waals surface area contributed by atoms with Gasteiger partial charge in [0.25, 0.3) is 10.2 Å². The average Bonchev–Trinajstić information content (AvgIpc) is 1.59. The van der Waals surface area contributed by atoms with Crippen molar-refractivity contribution in [1.29, 1.82) is 0 Å². The van der Waals surface area contributed by atoms with Crippen LogP contribution in [0.25, 0.3) is 30.3 Å². The number of halogens is 14. The van der Waals surface area contributed by atoms with Crippen molar-refractivity contribution in [2.45, 2.75) is 90.9 Å². The lowest BCUT2D eigenvalue weighted by atomic mass is 10.1. The average molecular weight is 1570 g/mol. The number of rotatable bonds is 14. The minimum atomic E-state index is -4.98. The Hall–Kier alpha value is -6.93. The molecular formula is C58H50Br2F12N6O10S6. The maximum atomic E-state index is 13.8. The summed E-state index contributed by atoms with van der Waals surface area (Å²) in [6.07, 6.45) is -17.3. The number of fused-ring (bicyclic) bond motifs is 3. The van der Waals surface area contributed by atoms with E-state index in [1.807, 2.05) is 0 Å². The van der Waals surface area contributed by atoms with E-state index in [0.717, 1.165) is 79.9 Å². The lowest BCUT2D eigenvalue weighted by molar-refractivity contribution is -0.140. The van der Waals surface area contributed by atoms with E-state index in [0.29, 0.717) is 60.8 Å². The third-order valence-corrected chi connectivity index (χ3v) is 21.8. The topological polar surface area (TPSA) is 215 Å². The molecule has 0 saturated carbocycles. The van der Waals surface area contributed by atoms with Gasteiger partial charge < -0.3 is 9.47 Å². The van der Waals surface area contributed by atoms with Gasteiger partial charge in [-0.15, -0.1) is 34.0 Å². The van der Waals surface area contributed by atoms with Crippen LogP contribution in [0.1, 0.15) is 74.9 Å². The Morgan fingerprint density at radius 3 is 1.15 bits per heavy atom. The van der Waals surface area contributed by atoms with Crippen molar-refractivity contribution in [2.75, 3.05) is 12.9 Å². The Morgan fingerprint density at radius 2 is 0.798 bits per heavy atom. The summed E-state index contributed by atoms with van der Waals surface area (Å²) in [5.74, 6) is -4.40. The van der Waals surface area contributed by atoms with Crippen LogP contribution in [0, 0.1) is 17.5 Å². The van der Waals surface area contributed by atoms with E-state index in [1.54, 1.807) is 103 Å². The molecule has 3 heterocycles. The highest BCUT2D eigenvalue weighted by Gasteiger charge is 2.39. The van der Waals surface area contributed by atoms with Gasteiger partial charge in [0.15, 0.2) is 0 Å². The molecule has 0 atom stereocenters. The number of nitrogens with two attached hydrogens (primary N) is 1. The summed E-state index contributed by atoms with van der Waals surface area (Å²) in [6.45, 7) is 7.55. The van der Waals surface area contributed by atoms with E-state index in [9.17, 15) is 87.5 Å². The van der Waals surface area contributed by atoms with Gasteiger partial charge in [-0.25, -0.2) is 50.3 Å². The number of hydrogen-bond donors (Lipinski definition) is 3. The Labute approximate surface area is 558 Å². The molecule has 0 aliphatic rings. The zero-order valence-corrected chi connectivity index (χ0v) is 57.1. The molecule has 0 radical (unpaired) electrons. The third kappa shape index (κ3) is 19.2. The molecule has 6 aromatic carbocycles. The van der Waals surface area contributed by atoms with Crippen molar-refractivity contribution in [3.63, 3.8) is 0 Å². The number of nitrogens with one attached hydrogen (secondary N) is 2. The first-order valence-corrected chi connectivity index (χ1v) is 34.9. The zero-order valence-electron chi connectivity index (χ0n) is 49.1. The Bertz CT molecular complexity index is 4620. The number of nitrogens with zero attached hydrogens (tertiary/aromatic N) is 3. The van der Waals surface area contributed by atoms with Gasteiger partial charge in [0.2, 0.25) is 0 Å². The minimum Gasteiger partial charge on any atom is -0.443 e. The van der Waals surface area contributed by atoms with Crippen molar-refractivity contribution < 1.29 is 97.0 Å². The number of carbonyl (C=O) groups is 2. The van der Waals surface area contributed by atoms with Gasteiger partial charge in [0.05, 0.1) is 45.3 Å². The minimum absolute atomic E-state index is 0.0536. The molecule has 506 valence electrons. The lowest BCUT2D eigenvalue weighted by Crippen LogP contribution is -2.45. The molecular weight excluding hydrogens is 1520 g/mol. The first-order chi connectivity index (χ1) is 43.2. The standard InChI is InChI=1S/C21H19BrF4N2O4S2.C21H20F4N2O4S2.C16H11BrF4N2O2S2/c1-20(2,3)32-19(29)27-34(30,31)28(18-17(22)13-6-4-5-7-16(13)33-18)11-12-8-9-15(23)14(10-12)21(24,25)26;1-20(2,3)31-19(28)26-33(29,30)27(18-11-14-6-4-5-7-17(14)32-18)12-13-8-9-16(22)15(10-13)21(23,24)25;17-14-10-3-1-2-4-13(10)26-15(14)23(27(22,24)25)8-9-5-6-12(18)11(7-9)16(19,20)21/h4-10H,11H2,1-3H3,(H,27,29);4-11H,12H2,1-3H3,(H,26,28);1-7H,8H2,(H2,22,24,25). The molecule has 2 amide bonds. The fourth-order valence-electron chi connectivity index (χ4n) is 8.32.